The number of nitrogens with zero attached hydrogens (tertiary/aromatic N) is 1. The molecule has 0 bridgehead atoms. The highest BCUT2D eigenvalue weighted by atomic mass is 19.1. The molecule has 0 radical (unpaired) electrons. The molecule has 112 valence electrons. The van der Waals surface area contributed by atoms with E-state index in [1.54, 1.807) is 4.98 Å². The maximum absolute atomic E-state index is 14.7. The van der Waals surface area contributed by atoms with Crippen LogP contribution in [0, 0.1) is 5.82 Å². The molecule has 1 aromatic rings. The molecule has 1 saturated heterocycles. The van der Waals surface area contributed by atoms with Crippen molar-refractivity contribution in [2.24, 2.45) is 0 Å². The topological polar surface area (TPSA) is 105 Å². The zero-order valence-corrected chi connectivity index (χ0v) is 10.8. The molecular weight excluding hydrogens is 278 g/mol. The number of H-pyrrole nitrogens is 1. The Kier molecular flexibility index (Phi) is 3.31. The standard InChI is InChI=1S/C11H14F2N2O5/c1-10(13)8(20-6(4-16)11(10,2)19)15-3-5(12)7(17)14-9(15)18/h3,6,8,16,19H,4H2,1-2H3,(H,14,17,18)/t6-,8+,10-,11+/m1/s1. The van der Waals surface area contributed by atoms with Crippen LogP contribution in [-0.4, -0.2) is 43.7 Å². The van der Waals surface area contributed by atoms with Gasteiger partial charge in [-0.3, -0.25) is 14.3 Å². The van der Waals surface area contributed by atoms with Crippen molar-refractivity contribution < 1.29 is 23.7 Å². The molecule has 1 aromatic heterocycles. The largest absolute Gasteiger partial charge is 0.394 e. The number of aromatic amines is 1. The van der Waals surface area contributed by atoms with Crippen LogP contribution in [-0.2, 0) is 4.74 Å². The van der Waals surface area contributed by atoms with Crippen LogP contribution < -0.4 is 11.2 Å². The maximum atomic E-state index is 14.7. The molecular formula is C11H14F2N2O5. The van der Waals surface area contributed by atoms with E-state index in [2.05, 4.69) is 0 Å². The molecule has 1 fully saturated rings. The summed E-state index contributed by atoms with van der Waals surface area (Å²) in [4.78, 5) is 24.2. The first kappa shape index (κ1) is 14.8. The van der Waals surface area contributed by atoms with E-state index in [9.17, 15) is 23.5 Å². The van der Waals surface area contributed by atoms with Gasteiger partial charge in [-0.2, -0.15) is 4.39 Å². The molecule has 20 heavy (non-hydrogen) atoms. The van der Waals surface area contributed by atoms with Crippen LogP contribution in [0.15, 0.2) is 15.8 Å². The van der Waals surface area contributed by atoms with E-state index in [0.29, 0.717) is 10.8 Å². The number of alkyl halides is 1. The Morgan fingerprint density at radius 1 is 1.50 bits per heavy atom. The predicted octanol–water partition coefficient (Wildman–Crippen LogP) is -0.955. The number of hydrogen-bond donors (Lipinski definition) is 3. The first-order valence-corrected chi connectivity index (χ1v) is 5.81. The van der Waals surface area contributed by atoms with E-state index in [4.69, 9.17) is 9.84 Å². The van der Waals surface area contributed by atoms with Crippen LogP contribution in [0.1, 0.15) is 20.1 Å². The van der Waals surface area contributed by atoms with E-state index in [0.717, 1.165) is 13.8 Å². The summed E-state index contributed by atoms with van der Waals surface area (Å²) in [5.41, 5.74) is -6.91. The Balaban J connectivity index is 2.57. The van der Waals surface area contributed by atoms with Crippen LogP contribution >= 0.6 is 0 Å². The van der Waals surface area contributed by atoms with Crippen molar-refractivity contribution in [3.05, 3.63) is 32.9 Å². The van der Waals surface area contributed by atoms with Crippen molar-refractivity contribution in [1.82, 2.24) is 9.55 Å². The lowest BCUT2D eigenvalue weighted by Gasteiger charge is -2.32. The number of rotatable bonds is 2. The number of aromatic nitrogens is 2. The Morgan fingerprint density at radius 2 is 2.10 bits per heavy atom. The predicted molar refractivity (Wildman–Crippen MR) is 62.4 cm³/mol. The summed E-state index contributed by atoms with van der Waals surface area (Å²) in [6.45, 7) is 1.37. The summed E-state index contributed by atoms with van der Waals surface area (Å²) >= 11 is 0. The third-order valence-electron chi connectivity index (χ3n) is 3.72. The minimum Gasteiger partial charge on any atom is -0.394 e. The quantitative estimate of drug-likeness (QED) is 0.651. The zero-order chi connectivity index (χ0) is 15.3. The van der Waals surface area contributed by atoms with Crippen molar-refractivity contribution in [2.45, 2.75) is 37.4 Å². The fourth-order valence-corrected chi connectivity index (χ4v) is 2.16. The second kappa shape index (κ2) is 4.47. The minimum atomic E-state index is -2.49. The monoisotopic (exact) mass is 292 g/mol. The Hall–Kier alpha value is -1.58. The molecule has 0 aliphatic carbocycles. The molecule has 0 aromatic carbocycles. The first-order chi connectivity index (χ1) is 9.12. The fourth-order valence-electron chi connectivity index (χ4n) is 2.16. The molecule has 0 spiro atoms. The molecule has 7 nitrogen and oxygen atoms in total. The van der Waals surface area contributed by atoms with E-state index >= 15 is 0 Å². The maximum Gasteiger partial charge on any atom is 0.330 e. The number of aliphatic hydroxyl groups is 2. The van der Waals surface area contributed by atoms with Gasteiger partial charge in [0.2, 0.25) is 5.82 Å². The summed E-state index contributed by atoms with van der Waals surface area (Å²) in [5.74, 6) is -1.30. The lowest BCUT2D eigenvalue weighted by atomic mass is 9.85. The van der Waals surface area contributed by atoms with Crippen LogP contribution in [0.4, 0.5) is 8.78 Å². The average molecular weight is 292 g/mol. The van der Waals surface area contributed by atoms with Crippen molar-refractivity contribution in [1.29, 1.82) is 0 Å². The summed E-state index contributed by atoms with van der Waals surface area (Å²) in [6, 6.07) is 0. The van der Waals surface area contributed by atoms with Crippen molar-refractivity contribution in [3.8, 4) is 0 Å². The molecule has 0 unspecified atom stereocenters. The molecule has 0 saturated carbocycles. The lowest BCUT2D eigenvalue weighted by Crippen LogP contribution is -2.52. The number of hydrogen-bond acceptors (Lipinski definition) is 5. The van der Waals surface area contributed by atoms with E-state index < -0.39 is 47.3 Å². The number of aliphatic hydroxyl groups excluding tert-OH is 1. The Labute approximate surface area is 111 Å². The van der Waals surface area contributed by atoms with Gasteiger partial charge in [0.25, 0.3) is 5.56 Å². The van der Waals surface area contributed by atoms with Gasteiger partial charge in [0, 0.05) is 0 Å². The van der Waals surface area contributed by atoms with Crippen molar-refractivity contribution in [3.63, 3.8) is 0 Å². The summed E-state index contributed by atoms with van der Waals surface area (Å²) in [5, 5.41) is 19.2. The van der Waals surface area contributed by atoms with Gasteiger partial charge in [0.1, 0.15) is 11.7 Å². The van der Waals surface area contributed by atoms with Crippen molar-refractivity contribution >= 4 is 0 Å². The Bertz CT molecular complexity index is 636. The van der Waals surface area contributed by atoms with Crippen LogP contribution in [0.25, 0.3) is 0 Å². The molecule has 3 N–H and O–H groups in total. The molecule has 2 heterocycles. The summed E-state index contributed by atoms with van der Waals surface area (Å²) in [6.07, 6.45) is -2.49. The second-order valence-corrected chi connectivity index (χ2v) is 5.03. The van der Waals surface area contributed by atoms with Crippen LogP contribution in [0.5, 0.6) is 0 Å². The van der Waals surface area contributed by atoms with Gasteiger partial charge in [-0.1, -0.05) is 0 Å². The first-order valence-electron chi connectivity index (χ1n) is 5.81. The number of ether oxygens (including phenoxy) is 1. The van der Waals surface area contributed by atoms with E-state index in [-0.39, 0.29) is 0 Å². The highest BCUT2D eigenvalue weighted by Gasteiger charge is 2.63. The molecule has 1 aliphatic heterocycles. The van der Waals surface area contributed by atoms with E-state index in [1.165, 1.54) is 0 Å². The highest BCUT2D eigenvalue weighted by molar-refractivity contribution is 5.09. The third-order valence-corrected chi connectivity index (χ3v) is 3.72. The highest BCUT2D eigenvalue weighted by Crippen LogP contribution is 2.47. The van der Waals surface area contributed by atoms with Gasteiger partial charge in [-0.05, 0) is 13.8 Å². The number of nitrogens with one attached hydrogen (secondary N) is 1. The van der Waals surface area contributed by atoms with Crippen LogP contribution in [0.3, 0.4) is 0 Å². The molecule has 9 heteroatoms. The van der Waals surface area contributed by atoms with Gasteiger partial charge in [-0.15, -0.1) is 0 Å². The SMILES string of the molecule is C[C@]1(O)[C@@H](CO)O[C@H](n2cc(F)c(=O)[nH]c2=O)[C@@]1(C)F. The fraction of sp³-hybridized carbons (Fsp3) is 0.636. The summed E-state index contributed by atoms with van der Waals surface area (Å²) < 4.78 is 33.6. The minimum absolute atomic E-state index is 0.500. The normalized spacial score (nSPS) is 37.3. The zero-order valence-electron chi connectivity index (χ0n) is 10.8. The van der Waals surface area contributed by atoms with Gasteiger partial charge < -0.3 is 14.9 Å². The van der Waals surface area contributed by atoms with E-state index in [1.807, 2.05) is 0 Å². The molecule has 4 atom stereocenters. The van der Waals surface area contributed by atoms with Gasteiger partial charge in [-0.25, -0.2) is 9.18 Å². The molecule has 2 rings (SSSR count). The Morgan fingerprint density at radius 3 is 2.60 bits per heavy atom. The molecule has 0 amide bonds. The smallest absolute Gasteiger partial charge is 0.330 e. The lowest BCUT2D eigenvalue weighted by molar-refractivity contribution is -0.0892. The molecule has 1 aliphatic rings. The van der Waals surface area contributed by atoms with Gasteiger partial charge in [0.15, 0.2) is 11.9 Å². The van der Waals surface area contributed by atoms with Gasteiger partial charge in [0.05, 0.1) is 12.8 Å². The van der Waals surface area contributed by atoms with Crippen molar-refractivity contribution in [2.75, 3.05) is 6.61 Å². The average Bonchev–Trinajstić information content (AvgIpc) is 2.52. The van der Waals surface area contributed by atoms with Gasteiger partial charge >= 0.3 is 5.69 Å². The third kappa shape index (κ3) is 1.89. The summed E-state index contributed by atoms with van der Waals surface area (Å²) in [7, 11) is 0. The van der Waals surface area contributed by atoms with Crippen LogP contribution in [0.2, 0.25) is 0 Å². The number of halogens is 2. The second-order valence-electron chi connectivity index (χ2n) is 5.03.